The number of anilines is 1. The number of hydrogen-bond donors (Lipinski definition) is 1. The molecule has 8 nitrogen and oxygen atoms in total. The average Bonchev–Trinajstić information content (AvgIpc) is 3.15. The van der Waals surface area contributed by atoms with Gasteiger partial charge in [-0.2, -0.15) is 4.98 Å². The Kier molecular flexibility index (Phi) is 4.22. The first-order valence-corrected chi connectivity index (χ1v) is 8.10. The third-order valence-electron chi connectivity index (χ3n) is 4.01. The van der Waals surface area contributed by atoms with Crippen LogP contribution in [0.3, 0.4) is 0 Å². The van der Waals surface area contributed by atoms with Crippen LogP contribution in [-0.2, 0) is 17.8 Å². The Hall–Kier alpha value is -3.42. The summed E-state index contributed by atoms with van der Waals surface area (Å²) < 4.78 is 16.0. The minimum atomic E-state index is 0.0394. The van der Waals surface area contributed by atoms with Gasteiger partial charge < -0.3 is 19.3 Å². The second kappa shape index (κ2) is 6.83. The maximum atomic E-state index is 11.4. The van der Waals surface area contributed by atoms with E-state index in [0.717, 1.165) is 16.8 Å². The van der Waals surface area contributed by atoms with E-state index >= 15 is 0 Å². The highest BCUT2D eigenvalue weighted by molar-refractivity contribution is 5.93. The fourth-order valence-electron chi connectivity index (χ4n) is 2.66. The maximum absolute atomic E-state index is 11.4. The molecule has 1 aliphatic heterocycles. The molecular formula is C18H16N4O4. The zero-order valence-corrected chi connectivity index (χ0v) is 14.1. The first kappa shape index (κ1) is 16.1. The van der Waals surface area contributed by atoms with Gasteiger partial charge in [0, 0.05) is 29.9 Å². The van der Waals surface area contributed by atoms with E-state index in [1.54, 1.807) is 31.5 Å². The van der Waals surface area contributed by atoms with E-state index in [0.29, 0.717) is 36.2 Å². The number of nitrogens with zero attached hydrogens (tertiary/aromatic N) is 3. The second-order valence-corrected chi connectivity index (χ2v) is 5.76. The van der Waals surface area contributed by atoms with Gasteiger partial charge in [-0.3, -0.25) is 4.79 Å². The normalized spacial score (nSPS) is 13.0. The van der Waals surface area contributed by atoms with E-state index < -0.39 is 0 Å². The van der Waals surface area contributed by atoms with Crippen LogP contribution in [0.2, 0.25) is 0 Å². The Bertz CT molecular complexity index is 937. The molecule has 0 saturated carbocycles. The third-order valence-corrected chi connectivity index (χ3v) is 4.01. The molecule has 8 heteroatoms. The summed E-state index contributed by atoms with van der Waals surface area (Å²) in [6, 6.07) is 9.09. The predicted octanol–water partition coefficient (Wildman–Crippen LogP) is 2.60. The van der Waals surface area contributed by atoms with Crippen molar-refractivity contribution < 1.29 is 18.8 Å². The highest BCUT2D eigenvalue weighted by Crippen LogP contribution is 2.27. The Morgan fingerprint density at radius 2 is 2.15 bits per heavy atom. The first-order valence-electron chi connectivity index (χ1n) is 8.10. The zero-order valence-electron chi connectivity index (χ0n) is 14.1. The summed E-state index contributed by atoms with van der Waals surface area (Å²) in [5, 5.41) is 6.78. The van der Waals surface area contributed by atoms with E-state index in [9.17, 15) is 4.79 Å². The van der Waals surface area contributed by atoms with Gasteiger partial charge >= 0.3 is 0 Å². The van der Waals surface area contributed by atoms with Gasteiger partial charge in [0.15, 0.2) is 6.61 Å². The number of hydrogen-bond acceptors (Lipinski definition) is 7. The van der Waals surface area contributed by atoms with Crippen LogP contribution in [-0.4, -0.2) is 28.1 Å². The van der Waals surface area contributed by atoms with Gasteiger partial charge in [0.2, 0.25) is 17.6 Å². The van der Waals surface area contributed by atoms with Crippen LogP contribution in [0, 0.1) is 0 Å². The number of aromatic nitrogens is 3. The molecule has 2 aromatic heterocycles. The van der Waals surface area contributed by atoms with E-state index in [4.69, 9.17) is 14.0 Å². The lowest BCUT2D eigenvalue weighted by atomic mass is 10.0. The average molecular weight is 352 g/mol. The molecule has 0 fully saturated rings. The number of aryl methyl sites for hydroxylation is 1. The summed E-state index contributed by atoms with van der Waals surface area (Å²) in [6.45, 7) is 0.154. The number of pyridine rings is 1. The van der Waals surface area contributed by atoms with Crippen molar-refractivity contribution in [1.29, 1.82) is 0 Å². The highest BCUT2D eigenvalue weighted by Gasteiger charge is 2.15. The minimum absolute atomic E-state index is 0.0394. The molecule has 1 N–H and O–H groups in total. The van der Waals surface area contributed by atoms with Gasteiger partial charge in [0.1, 0.15) is 5.75 Å². The minimum Gasteiger partial charge on any atom is -0.484 e. The number of amides is 1. The molecule has 132 valence electrons. The van der Waals surface area contributed by atoms with Gasteiger partial charge in [-0.05, 0) is 36.2 Å². The molecule has 0 unspecified atom stereocenters. The van der Waals surface area contributed by atoms with Crippen LogP contribution in [0.1, 0.15) is 17.9 Å². The Balaban J connectivity index is 1.42. The number of nitrogens with one attached hydrogen (secondary N) is 1. The van der Waals surface area contributed by atoms with Gasteiger partial charge in [0.25, 0.3) is 5.89 Å². The van der Waals surface area contributed by atoms with Crippen molar-refractivity contribution >= 4 is 11.6 Å². The number of benzene rings is 1. The van der Waals surface area contributed by atoms with E-state index in [1.807, 2.05) is 12.1 Å². The lowest BCUT2D eigenvalue weighted by Gasteiger charge is -2.17. The molecule has 1 aliphatic rings. The molecule has 0 bridgehead atoms. The fourth-order valence-corrected chi connectivity index (χ4v) is 2.66. The summed E-state index contributed by atoms with van der Waals surface area (Å²) in [6.07, 6.45) is 2.80. The molecule has 0 aliphatic carbocycles. The molecule has 3 heterocycles. The van der Waals surface area contributed by atoms with Crippen LogP contribution in [0.5, 0.6) is 11.6 Å². The van der Waals surface area contributed by atoms with Gasteiger partial charge in [-0.1, -0.05) is 5.16 Å². The van der Waals surface area contributed by atoms with Crippen LogP contribution in [0.15, 0.2) is 41.1 Å². The molecule has 1 amide bonds. The number of carbonyl (C=O) groups is 1. The fraction of sp³-hybridized carbons (Fsp3) is 0.222. The van der Waals surface area contributed by atoms with Crippen molar-refractivity contribution in [2.75, 3.05) is 12.4 Å². The summed E-state index contributed by atoms with van der Waals surface area (Å²) in [5.74, 6) is 2.04. The smallest absolute Gasteiger partial charge is 0.264 e. The molecule has 1 aromatic carbocycles. The Morgan fingerprint density at radius 3 is 2.96 bits per heavy atom. The standard InChI is InChI=1S/C18H16N4O4/c1-24-16-7-3-12(9-19-16)18-21-17(26-22-18)10-25-13-4-5-14-11(8-13)2-6-15(23)20-14/h3-5,7-9H,2,6,10H2,1H3,(H,20,23). The molecule has 4 rings (SSSR count). The number of fused-ring (bicyclic) bond motifs is 1. The lowest BCUT2D eigenvalue weighted by molar-refractivity contribution is -0.116. The highest BCUT2D eigenvalue weighted by atomic mass is 16.5. The van der Waals surface area contributed by atoms with Gasteiger partial charge in [-0.15, -0.1) is 0 Å². The molecular weight excluding hydrogens is 336 g/mol. The van der Waals surface area contributed by atoms with Crippen molar-refractivity contribution in [3.8, 4) is 23.0 Å². The molecule has 0 saturated heterocycles. The third kappa shape index (κ3) is 3.34. The summed E-state index contributed by atoms with van der Waals surface area (Å²) in [4.78, 5) is 19.8. The predicted molar refractivity (Wildman–Crippen MR) is 91.8 cm³/mol. The largest absolute Gasteiger partial charge is 0.484 e. The van der Waals surface area contributed by atoms with Crippen molar-refractivity contribution in [3.63, 3.8) is 0 Å². The zero-order chi connectivity index (χ0) is 17.9. The topological polar surface area (TPSA) is 99.4 Å². The molecule has 0 atom stereocenters. The molecule has 26 heavy (non-hydrogen) atoms. The number of methoxy groups -OCH3 is 1. The van der Waals surface area contributed by atoms with E-state index in [1.165, 1.54) is 0 Å². The number of carbonyl (C=O) groups excluding carboxylic acids is 1. The summed E-state index contributed by atoms with van der Waals surface area (Å²) in [7, 11) is 1.56. The SMILES string of the molecule is COc1ccc(-c2noc(COc3ccc4c(c3)CCC(=O)N4)n2)cn1. The van der Waals surface area contributed by atoms with Crippen molar-refractivity contribution in [1.82, 2.24) is 15.1 Å². The monoisotopic (exact) mass is 352 g/mol. The summed E-state index contributed by atoms with van der Waals surface area (Å²) >= 11 is 0. The maximum Gasteiger partial charge on any atom is 0.264 e. The Labute approximate surface area is 149 Å². The van der Waals surface area contributed by atoms with Crippen molar-refractivity contribution in [2.24, 2.45) is 0 Å². The van der Waals surface area contributed by atoms with E-state index in [-0.39, 0.29) is 12.5 Å². The second-order valence-electron chi connectivity index (χ2n) is 5.76. The number of rotatable bonds is 5. The van der Waals surface area contributed by atoms with Crippen molar-refractivity contribution in [2.45, 2.75) is 19.4 Å². The number of ether oxygens (including phenoxy) is 2. The molecule has 0 radical (unpaired) electrons. The Morgan fingerprint density at radius 1 is 1.23 bits per heavy atom. The van der Waals surface area contributed by atoms with E-state index in [2.05, 4.69) is 20.4 Å². The lowest BCUT2D eigenvalue weighted by Crippen LogP contribution is -2.18. The molecule has 3 aromatic rings. The first-order chi connectivity index (χ1) is 12.7. The van der Waals surface area contributed by atoms with Crippen LogP contribution in [0.4, 0.5) is 5.69 Å². The molecule has 0 spiro atoms. The van der Waals surface area contributed by atoms with Crippen LogP contribution < -0.4 is 14.8 Å². The van der Waals surface area contributed by atoms with Crippen LogP contribution in [0.25, 0.3) is 11.4 Å². The van der Waals surface area contributed by atoms with Crippen molar-refractivity contribution in [3.05, 3.63) is 48.0 Å². The quantitative estimate of drug-likeness (QED) is 0.753. The van der Waals surface area contributed by atoms with Gasteiger partial charge in [0.05, 0.1) is 7.11 Å². The van der Waals surface area contributed by atoms with Gasteiger partial charge in [-0.25, -0.2) is 4.98 Å². The summed E-state index contributed by atoms with van der Waals surface area (Å²) in [5.41, 5.74) is 2.61. The van der Waals surface area contributed by atoms with Crippen LogP contribution >= 0.6 is 0 Å².